The van der Waals surface area contributed by atoms with Gasteiger partial charge in [-0.05, 0) is 57.0 Å². The Labute approximate surface area is 564 Å². The third kappa shape index (κ3) is 29.8. The first kappa shape index (κ1) is 78.1. The van der Waals surface area contributed by atoms with Crippen LogP contribution in [-0.4, -0.2) is 254 Å². The van der Waals surface area contributed by atoms with Gasteiger partial charge in [0.1, 0.15) is 29.6 Å². The first-order chi connectivity index (χ1) is 47.1. The maximum absolute atomic E-state index is 12.9. The van der Waals surface area contributed by atoms with Crippen LogP contribution in [0, 0.1) is 0 Å². The number of nitrogens with one attached hydrogen (secondary N) is 2. The number of carboxylic acid groups (broad SMARTS) is 1. The molecule has 0 radical (unpaired) electrons. The van der Waals surface area contributed by atoms with Gasteiger partial charge in [-0.3, -0.25) is 9.59 Å². The van der Waals surface area contributed by atoms with Gasteiger partial charge in [0, 0.05) is 43.1 Å². The van der Waals surface area contributed by atoms with Crippen molar-refractivity contribution in [2.75, 3.05) is 201 Å². The topological polar surface area (TPSA) is 405 Å². The number of nitrogens with two attached hydrogens (primary N) is 3. The third-order valence-electron chi connectivity index (χ3n) is 14.2. The fourth-order valence-electron chi connectivity index (χ4n) is 9.36. The Bertz CT molecular complexity index is 3280. The predicted molar refractivity (Wildman–Crippen MR) is 358 cm³/mol. The number of carboxylic acids is 1. The molecule has 2 aromatic carbocycles. The van der Waals surface area contributed by atoms with Gasteiger partial charge in [0.15, 0.2) is 22.8 Å². The highest BCUT2D eigenvalue weighted by Gasteiger charge is 2.29. The predicted octanol–water partition coefficient (Wildman–Crippen LogP) is 3.95. The molecule has 0 saturated heterocycles. The van der Waals surface area contributed by atoms with Crippen molar-refractivity contribution in [3.8, 4) is 0 Å². The van der Waals surface area contributed by atoms with Crippen LogP contribution in [0.3, 0.4) is 0 Å². The highest BCUT2D eigenvalue weighted by molar-refractivity contribution is 6.06. The Morgan fingerprint density at radius 2 is 1.10 bits per heavy atom. The first-order valence-electron chi connectivity index (χ1n) is 32.6. The molecular weight excluding hydrogens is 1270 g/mol. The first-order valence-corrected chi connectivity index (χ1v) is 32.6. The van der Waals surface area contributed by atoms with Gasteiger partial charge in [-0.2, -0.15) is 9.97 Å². The fourth-order valence-corrected chi connectivity index (χ4v) is 9.36. The number of para-hydroxylation sites is 1. The van der Waals surface area contributed by atoms with E-state index < -0.39 is 29.7 Å². The number of fused-ring (bicyclic) bond motifs is 4. The number of ether oxygens (including phenoxy) is 14. The van der Waals surface area contributed by atoms with E-state index in [2.05, 4.69) is 47.0 Å². The van der Waals surface area contributed by atoms with Gasteiger partial charge in [-0.25, -0.2) is 29.5 Å². The van der Waals surface area contributed by atoms with Crippen molar-refractivity contribution in [3.05, 3.63) is 71.8 Å². The van der Waals surface area contributed by atoms with Crippen molar-refractivity contribution >= 4 is 80.3 Å². The summed E-state index contributed by atoms with van der Waals surface area (Å²) in [5.41, 5.74) is 21.5. The number of nitrogens with zero attached hydrogens (tertiary/aromatic N) is 8. The number of imidazole rings is 1. The molecule has 0 saturated carbocycles. The van der Waals surface area contributed by atoms with E-state index >= 15 is 0 Å². The Morgan fingerprint density at radius 1 is 0.608 bits per heavy atom. The van der Waals surface area contributed by atoms with E-state index in [1.54, 1.807) is 30.5 Å². The standard InChI is InChI=1S/C65H97N13O19/c1-5-6-11-53-74-55-57(50-9-7-8-10-51(50)72-58(55)66)78(53)46-65(2,3)97-64(83)96-43-42-95-41-40-94-39-38-93-37-36-92-35-34-91-33-32-90-31-30-89-29-28-88-27-26-87-25-24-86-23-22-85-21-20-84-19-18-69-54(79)17-16-52(62(81)82)73-61(80)47-12-14-49(15-13-47)77(4)45-48-44-70-60-56(71-48)59(67)75-63(68)76-60/h7-10,12-15,44,52H,5-6,11,16-43,45-46H2,1-4H3,(H2,66,72)(H,69,79)(H,73,80)(H,81,82)(H4,67,68,70,75,76). The Morgan fingerprint density at radius 3 is 1.62 bits per heavy atom. The Hall–Kier alpha value is -7.86. The lowest BCUT2D eigenvalue weighted by atomic mass is 10.1. The number of aromatic nitrogens is 7. The summed E-state index contributed by atoms with van der Waals surface area (Å²) in [6, 6.07) is 13.1. The van der Waals surface area contributed by atoms with Crippen LogP contribution < -0.4 is 32.7 Å². The number of rotatable bonds is 54. The molecule has 0 aliphatic heterocycles. The van der Waals surface area contributed by atoms with E-state index in [-0.39, 0.29) is 68.1 Å². The normalized spacial score (nSPS) is 12.0. The van der Waals surface area contributed by atoms with E-state index in [0.29, 0.717) is 181 Å². The van der Waals surface area contributed by atoms with Crippen LogP contribution in [-0.2, 0) is 95.4 Å². The average Bonchev–Trinajstić information content (AvgIpc) is 1.68. The SMILES string of the molecule is CCCCc1nc2c(N)nc3ccccc3c2n1CC(C)(C)OC(=O)OCCOCCOCCOCCOCCOCCOCCOCCOCCOCCOCCOCCOCCNC(=O)CCC(NC(=O)c1ccc(N(C)Cc2cnc3nc(N)nc(N)c3n2)cc1)C(=O)O. The zero-order valence-electron chi connectivity index (χ0n) is 56.2. The smallest absolute Gasteiger partial charge is 0.480 e. The summed E-state index contributed by atoms with van der Waals surface area (Å²) >= 11 is 0. The number of benzene rings is 2. The second-order valence-corrected chi connectivity index (χ2v) is 22.4. The van der Waals surface area contributed by atoms with E-state index in [1.807, 2.05) is 50.1 Å². The van der Waals surface area contributed by atoms with Crippen LogP contribution in [0.5, 0.6) is 0 Å². The molecule has 0 fully saturated rings. The number of nitrogen functional groups attached to an aromatic ring is 3. The summed E-state index contributed by atoms with van der Waals surface area (Å²) in [6.07, 6.45) is 3.26. The molecule has 1 atom stereocenters. The Kier molecular flexibility index (Phi) is 36.1. The largest absolute Gasteiger partial charge is 0.508 e. The van der Waals surface area contributed by atoms with Crippen molar-refractivity contribution in [2.45, 2.75) is 77.6 Å². The van der Waals surface area contributed by atoms with Crippen molar-refractivity contribution in [2.24, 2.45) is 0 Å². The molecule has 0 spiro atoms. The van der Waals surface area contributed by atoms with Crippen LogP contribution in [0.2, 0.25) is 0 Å². The van der Waals surface area contributed by atoms with E-state index in [1.165, 1.54) is 0 Å². The minimum absolute atomic E-state index is 0.00441. The molecule has 536 valence electrons. The molecule has 0 aliphatic carbocycles. The lowest BCUT2D eigenvalue weighted by molar-refractivity contribution is -0.139. The number of hydrogen-bond donors (Lipinski definition) is 6. The van der Waals surface area contributed by atoms with Gasteiger partial charge in [0.25, 0.3) is 5.91 Å². The van der Waals surface area contributed by atoms with Gasteiger partial charge in [-0.15, -0.1) is 0 Å². The summed E-state index contributed by atoms with van der Waals surface area (Å²) < 4.78 is 79.5. The molecule has 1 unspecified atom stereocenters. The maximum atomic E-state index is 12.9. The van der Waals surface area contributed by atoms with Crippen LogP contribution >= 0.6 is 0 Å². The van der Waals surface area contributed by atoms with Gasteiger partial charge >= 0.3 is 12.1 Å². The minimum atomic E-state index is -1.28. The van der Waals surface area contributed by atoms with Gasteiger partial charge in [0.2, 0.25) is 11.9 Å². The summed E-state index contributed by atoms with van der Waals surface area (Å²) in [7, 11) is 1.83. The molecule has 0 bridgehead atoms. The average molecular weight is 1360 g/mol. The highest BCUT2D eigenvalue weighted by Crippen LogP contribution is 2.31. The van der Waals surface area contributed by atoms with Crippen LogP contribution in [0.4, 0.5) is 28.1 Å². The number of amides is 2. The maximum Gasteiger partial charge on any atom is 0.508 e. The van der Waals surface area contributed by atoms with Gasteiger partial charge in [0.05, 0.1) is 195 Å². The minimum Gasteiger partial charge on any atom is -0.480 e. The number of carbonyl (C=O) groups excluding carboxylic acids is 3. The number of aliphatic carboxylic acids is 1. The zero-order chi connectivity index (χ0) is 69.3. The molecule has 4 aromatic heterocycles. The number of hydrogen-bond acceptors (Lipinski definition) is 28. The molecule has 32 heteroatoms. The van der Waals surface area contributed by atoms with Gasteiger partial charge < -0.3 is 109 Å². The van der Waals surface area contributed by atoms with Crippen molar-refractivity contribution in [1.82, 2.24) is 45.1 Å². The zero-order valence-corrected chi connectivity index (χ0v) is 56.2. The molecule has 6 aromatic rings. The lowest BCUT2D eigenvalue weighted by Gasteiger charge is -2.26. The third-order valence-corrected chi connectivity index (χ3v) is 14.2. The Balaban J connectivity index is 0.613. The number of aryl methyl sites for hydroxylation is 1. The second-order valence-electron chi connectivity index (χ2n) is 22.4. The number of carbonyl (C=O) groups is 4. The van der Waals surface area contributed by atoms with Crippen LogP contribution in [0.25, 0.3) is 33.1 Å². The second kappa shape index (κ2) is 44.9. The molecule has 32 nitrogen and oxygen atoms in total. The summed E-state index contributed by atoms with van der Waals surface area (Å²) in [5, 5.41) is 15.8. The quantitative estimate of drug-likeness (QED) is 0.0232. The number of unbranched alkanes of at least 4 members (excludes halogenated alkanes) is 1. The molecular formula is C65H97N13O19. The molecule has 6 rings (SSSR count). The fraction of sp³-hybridized carbons (Fsp3) is 0.600. The van der Waals surface area contributed by atoms with Crippen LogP contribution in [0.1, 0.15) is 68.3 Å². The van der Waals surface area contributed by atoms with Crippen molar-refractivity contribution in [1.29, 1.82) is 0 Å². The van der Waals surface area contributed by atoms with E-state index in [0.717, 1.165) is 47.2 Å². The van der Waals surface area contributed by atoms with E-state index in [9.17, 15) is 24.3 Å². The monoisotopic (exact) mass is 1360 g/mol. The summed E-state index contributed by atoms with van der Waals surface area (Å²) in [4.78, 5) is 78.0. The van der Waals surface area contributed by atoms with Crippen LogP contribution in [0.15, 0.2) is 54.7 Å². The van der Waals surface area contributed by atoms with Crippen molar-refractivity contribution < 1.29 is 90.6 Å². The number of pyridine rings is 1. The molecule has 9 N–H and O–H groups in total. The van der Waals surface area contributed by atoms with Crippen molar-refractivity contribution in [3.63, 3.8) is 0 Å². The molecule has 2 amide bonds. The molecule has 0 aliphatic rings. The lowest BCUT2D eigenvalue weighted by Crippen LogP contribution is -2.41. The molecule has 4 heterocycles. The summed E-state index contributed by atoms with van der Waals surface area (Å²) in [6.45, 7) is 16.2. The van der Waals surface area contributed by atoms with Gasteiger partial charge in [-0.1, -0.05) is 31.5 Å². The highest BCUT2D eigenvalue weighted by atomic mass is 16.7. The summed E-state index contributed by atoms with van der Waals surface area (Å²) in [5.74, 6) is -0.869. The van der Waals surface area contributed by atoms with E-state index in [4.69, 9.17) is 88.5 Å². The molecule has 97 heavy (non-hydrogen) atoms. The number of anilines is 4.